The number of nitrogens with one attached hydrogen (secondary N) is 1. The smallest absolute Gasteiger partial charge is 0.257 e. The monoisotopic (exact) mass is 377 g/mol. The number of carbonyl (C=O) groups excluding carboxylic acids is 1. The van der Waals surface area contributed by atoms with Crippen LogP contribution in [0.2, 0.25) is 0 Å². The molecular formula is C22H23N3O3. The van der Waals surface area contributed by atoms with Crippen LogP contribution in [0.15, 0.2) is 75.0 Å². The third-order valence-corrected chi connectivity index (χ3v) is 4.95. The number of hydrogen-bond donors (Lipinski definition) is 1. The van der Waals surface area contributed by atoms with E-state index in [0.717, 1.165) is 22.8 Å². The van der Waals surface area contributed by atoms with Crippen LogP contribution in [0.4, 0.5) is 0 Å². The normalized spacial score (nSPS) is 17.6. The first kappa shape index (κ1) is 18.3. The lowest BCUT2D eigenvalue weighted by Crippen LogP contribution is -2.36. The molecule has 1 aliphatic heterocycles. The van der Waals surface area contributed by atoms with Gasteiger partial charge in [0.2, 0.25) is 0 Å². The molecule has 0 unspecified atom stereocenters. The molecule has 0 bridgehead atoms. The molecule has 28 heavy (non-hydrogen) atoms. The molecule has 0 saturated heterocycles. The van der Waals surface area contributed by atoms with Gasteiger partial charge in [0.15, 0.2) is 0 Å². The number of benzene rings is 1. The Balaban J connectivity index is 1.52. The third kappa shape index (κ3) is 3.77. The average Bonchev–Trinajstić information content (AvgIpc) is 3.47. The van der Waals surface area contributed by atoms with E-state index in [1.165, 1.54) is 10.6 Å². The van der Waals surface area contributed by atoms with Crippen molar-refractivity contribution in [3.8, 4) is 0 Å². The molecule has 1 aliphatic rings. The second-order valence-corrected chi connectivity index (χ2v) is 7.00. The maximum Gasteiger partial charge on any atom is 0.257 e. The molecule has 6 nitrogen and oxygen atoms in total. The number of hydrazone groups is 1. The molecule has 0 aliphatic carbocycles. The zero-order chi connectivity index (χ0) is 19.5. The summed E-state index contributed by atoms with van der Waals surface area (Å²) in [6.45, 7) is 4.17. The summed E-state index contributed by atoms with van der Waals surface area (Å²) in [7, 11) is 0. The van der Waals surface area contributed by atoms with Crippen molar-refractivity contribution in [2.24, 2.45) is 5.10 Å². The minimum absolute atomic E-state index is 0.0656. The fraction of sp³-hybridized carbons (Fsp3) is 0.273. The first-order valence-electron chi connectivity index (χ1n) is 9.38. The summed E-state index contributed by atoms with van der Waals surface area (Å²) in [6.07, 6.45) is 3.87. The summed E-state index contributed by atoms with van der Waals surface area (Å²) in [5.74, 6) is 1.42. The van der Waals surface area contributed by atoms with Gasteiger partial charge in [-0.1, -0.05) is 29.8 Å². The standard InChI is InChI=1S/C22H23N3O3/c1-15-7-9-17(10-8-15)18-13-19(21-6-4-12-28-21)25(24-18)22(26)14-23-16(2)20-5-3-11-27-20/h3-12,16,19,23H,13-14H2,1-2H3/t16-,19-/m0/s1. The van der Waals surface area contributed by atoms with Gasteiger partial charge < -0.3 is 8.83 Å². The summed E-state index contributed by atoms with van der Waals surface area (Å²) >= 11 is 0. The van der Waals surface area contributed by atoms with Gasteiger partial charge in [-0.25, -0.2) is 5.01 Å². The molecule has 0 spiro atoms. The van der Waals surface area contributed by atoms with Crippen LogP contribution in [0, 0.1) is 6.92 Å². The predicted molar refractivity (Wildman–Crippen MR) is 106 cm³/mol. The zero-order valence-corrected chi connectivity index (χ0v) is 16.0. The van der Waals surface area contributed by atoms with Crippen LogP contribution in [-0.4, -0.2) is 23.2 Å². The highest BCUT2D eigenvalue weighted by molar-refractivity contribution is 6.03. The molecule has 3 aromatic rings. The highest BCUT2D eigenvalue weighted by atomic mass is 16.3. The summed E-state index contributed by atoms with van der Waals surface area (Å²) in [6, 6.07) is 15.3. The Bertz CT molecular complexity index is 944. The minimum atomic E-state index is -0.237. The summed E-state index contributed by atoms with van der Waals surface area (Å²) in [5, 5.41) is 9.39. The first-order valence-corrected chi connectivity index (χ1v) is 9.38. The molecule has 1 amide bonds. The van der Waals surface area contributed by atoms with Crippen molar-refractivity contribution >= 4 is 11.6 Å². The molecule has 2 aromatic heterocycles. The maximum absolute atomic E-state index is 12.9. The van der Waals surface area contributed by atoms with Gasteiger partial charge in [0.05, 0.1) is 30.8 Å². The summed E-state index contributed by atoms with van der Waals surface area (Å²) in [5.41, 5.74) is 3.09. The van der Waals surface area contributed by atoms with Crippen LogP contribution in [0.1, 0.15) is 48.1 Å². The van der Waals surface area contributed by atoms with Crippen LogP contribution in [0.25, 0.3) is 0 Å². The molecule has 6 heteroatoms. The molecule has 0 radical (unpaired) electrons. The summed E-state index contributed by atoms with van der Waals surface area (Å²) in [4.78, 5) is 12.9. The Morgan fingerprint density at radius 2 is 1.93 bits per heavy atom. The van der Waals surface area contributed by atoms with Gasteiger partial charge in [-0.15, -0.1) is 0 Å². The number of nitrogens with zero attached hydrogens (tertiary/aromatic N) is 2. The van der Waals surface area contributed by atoms with E-state index in [2.05, 4.69) is 22.6 Å². The van der Waals surface area contributed by atoms with Gasteiger partial charge in [0, 0.05) is 6.42 Å². The largest absolute Gasteiger partial charge is 0.468 e. The minimum Gasteiger partial charge on any atom is -0.468 e. The van der Waals surface area contributed by atoms with Crippen molar-refractivity contribution in [2.45, 2.75) is 32.4 Å². The van der Waals surface area contributed by atoms with E-state index >= 15 is 0 Å². The van der Waals surface area contributed by atoms with E-state index in [0.29, 0.717) is 6.42 Å². The number of carbonyl (C=O) groups is 1. The Morgan fingerprint density at radius 3 is 2.61 bits per heavy atom. The lowest BCUT2D eigenvalue weighted by Gasteiger charge is -2.21. The van der Waals surface area contributed by atoms with Gasteiger partial charge >= 0.3 is 0 Å². The van der Waals surface area contributed by atoms with E-state index in [4.69, 9.17) is 8.83 Å². The van der Waals surface area contributed by atoms with Crippen molar-refractivity contribution in [3.63, 3.8) is 0 Å². The molecule has 2 atom stereocenters. The fourth-order valence-electron chi connectivity index (χ4n) is 3.32. The molecule has 144 valence electrons. The Labute approximate surface area is 163 Å². The number of aryl methyl sites for hydroxylation is 1. The highest BCUT2D eigenvalue weighted by Crippen LogP contribution is 2.33. The number of hydrogen-bond acceptors (Lipinski definition) is 5. The molecular weight excluding hydrogens is 354 g/mol. The van der Waals surface area contributed by atoms with Gasteiger partial charge in [-0.2, -0.15) is 5.10 Å². The molecule has 4 rings (SSSR count). The number of furan rings is 2. The predicted octanol–water partition coefficient (Wildman–Crippen LogP) is 4.21. The van der Waals surface area contributed by atoms with Crippen molar-refractivity contribution in [3.05, 3.63) is 83.7 Å². The lowest BCUT2D eigenvalue weighted by atomic mass is 10.0. The highest BCUT2D eigenvalue weighted by Gasteiger charge is 2.34. The first-order chi connectivity index (χ1) is 13.6. The molecule has 0 saturated carbocycles. The van der Waals surface area contributed by atoms with Crippen molar-refractivity contribution in [1.29, 1.82) is 0 Å². The second kappa shape index (κ2) is 7.86. The molecule has 3 heterocycles. The Morgan fingerprint density at radius 1 is 1.18 bits per heavy atom. The van der Waals surface area contributed by atoms with Crippen LogP contribution in [-0.2, 0) is 4.79 Å². The van der Waals surface area contributed by atoms with Crippen LogP contribution in [0.5, 0.6) is 0 Å². The van der Waals surface area contributed by atoms with Crippen molar-refractivity contribution in [1.82, 2.24) is 10.3 Å². The topological polar surface area (TPSA) is 71.0 Å². The van der Waals surface area contributed by atoms with Crippen LogP contribution in [0.3, 0.4) is 0 Å². The maximum atomic E-state index is 12.9. The van der Waals surface area contributed by atoms with Crippen molar-refractivity contribution in [2.75, 3.05) is 6.54 Å². The molecule has 1 N–H and O–H groups in total. The molecule has 1 aromatic carbocycles. The third-order valence-electron chi connectivity index (χ3n) is 4.95. The Kier molecular flexibility index (Phi) is 5.12. The SMILES string of the molecule is Cc1ccc(C2=NN(C(=O)CN[C@@H](C)c3ccco3)[C@H](c3ccco3)C2)cc1. The van der Waals surface area contributed by atoms with Gasteiger partial charge in [-0.05, 0) is 43.7 Å². The van der Waals surface area contributed by atoms with Gasteiger partial charge in [0.25, 0.3) is 5.91 Å². The van der Waals surface area contributed by atoms with E-state index in [-0.39, 0.29) is 24.5 Å². The van der Waals surface area contributed by atoms with Gasteiger partial charge in [0.1, 0.15) is 17.6 Å². The summed E-state index contributed by atoms with van der Waals surface area (Å²) < 4.78 is 11.0. The zero-order valence-electron chi connectivity index (χ0n) is 16.0. The molecule has 0 fully saturated rings. The van der Waals surface area contributed by atoms with E-state index in [1.807, 2.05) is 50.2 Å². The van der Waals surface area contributed by atoms with E-state index < -0.39 is 0 Å². The van der Waals surface area contributed by atoms with Crippen LogP contribution >= 0.6 is 0 Å². The fourth-order valence-corrected chi connectivity index (χ4v) is 3.32. The number of rotatable bonds is 6. The lowest BCUT2D eigenvalue weighted by molar-refractivity contribution is -0.132. The van der Waals surface area contributed by atoms with E-state index in [1.54, 1.807) is 12.5 Å². The Hall–Kier alpha value is -3.12. The number of amides is 1. The average molecular weight is 377 g/mol. The van der Waals surface area contributed by atoms with Crippen LogP contribution < -0.4 is 5.32 Å². The van der Waals surface area contributed by atoms with Crippen molar-refractivity contribution < 1.29 is 13.6 Å². The quantitative estimate of drug-likeness (QED) is 0.699. The van der Waals surface area contributed by atoms with Gasteiger partial charge in [-0.3, -0.25) is 10.1 Å². The second-order valence-electron chi connectivity index (χ2n) is 7.00. The van der Waals surface area contributed by atoms with E-state index in [9.17, 15) is 4.79 Å².